The zero-order valence-corrected chi connectivity index (χ0v) is 9.71. The molecule has 0 aromatic carbocycles. The van der Waals surface area contributed by atoms with Crippen molar-refractivity contribution in [3.05, 3.63) is 0 Å². The molecule has 0 aliphatic carbocycles. The SMILES string of the molecule is CCOC(=O)OCC.[K+].[OH-]. The van der Waals surface area contributed by atoms with Crippen molar-refractivity contribution in [3.63, 3.8) is 0 Å². The van der Waals surface area contributed by atoms with Gasteiger partial charge in [-0.1, -0.05) is 0 Å². The molecule has 10 heavy (non-hydrogen) atoms. The largest absolute Gasteiger partial charge is 1.00 e. The second-order valence-corrected chi connectivity index (χ2v) is 1.12. The van der Waals surface area contributed by atoms with E-state index in [1.807, 2.05) is 0 Å². The molecule has 0 aliphatic rings. The summed E-state index contributed by atoms with van der Waals surface area (Å²) in [5, 5.41) is 0. The summed E-state index contributed by atoms with van der Waals surface area (Å²) in [5.74, 6) is 0. The van der Waals surface area contributed by atoms with E-state index in [0.717, 1.165) is 0 Å². The molecule has 0 bridgehead atoms. The summed E-state index contributed by atoms with van der Waals surface area (Å²) in [6.07, 6.45) is -0.588. The number of hydrogen-bond acceptors (Lipinski definition) is 4. The van der Waals surface area contributed by atoms with Crippen molar-refractivity contribution < 1.29 is 71.1 Å². The molecule has 0 atom stereocenters. The summed E-state index contributed by atoms with van der Waals surface area (Å²) in [5.41, 5.74) is 0. The Bertz CT molecular complexity index is 68.0. The van der Waals surface area contributed by atoms with Gasteiger partial charge in [0.2, 0.25) is 0 Å². The number of rotatable bonds is 2. The van der Waals surface area contributed by atoms with Crippen molar-refractivity contribution in [3.8, 4) is 0 Å². The van der Waals surface area contributed by atoms with Crippen LogP contribution in [0.5, 0.6) is 0 Å². The third-order valence-corrected chi connectivity index (χ3v) is 0.524. The first kappa shape index (κ1) is 17.1. The smallest absolute Gasteiger partial charge is 0.870 e. The molecule has 0 amide bonds. The average molecular weight is 174 g/mol. The molecule has 56 valence electrons. The van der Waals surface area contributed by atoms with Gasteiger partial charge in [0, 0.05) is 0 Å². The van der Waals surface area contributed by atoms with Gasteiger partial charge in [-0.25, -0.2) is 4.79 Å². The summed E-state index contributed by atoms with van der Waals surface area (Å²) < 4.78 is 8.84. The van der Waals surface area contributed by atoms with Crippen LogP contribution in [0.25, 0.3) is 0 Å². The number of carbonyl (C=O) groups is 1. The van der Waals surface area contributed by atoms with Crippen LogP contribution in [0.15, 0.2) is 0 Å². The topological polar surface area (TPSA) is 65.5 Å². The molecule has 0 aliphatic heterocycles. The summed E-state index contributed by atoms with van der Waals surface area (Å²) in [4.78, 5) is 10.2. The zero-order chi connectivity index (χ0) is 6.41. The quantitative estimate of drug-likeness (QED) is 0.359. The summed E-state index contributed by atoms with van der Waals surface area (Å²) in [6, 6.07) is 0. The molecule has 0 spiro atoms. The minimum atomic E-state index is -0.588. The van der Waals surface area contributed by atoms with Crippen LogP contribution >= 0.6 is 0 Å². The maximum Gasteiger partial charge on any atom is 1.00 e. The van der Waals surface area contributed by atoms with E-state index in [1.54, 1.807) is 13.8 Å². The van der Waals surface area contributed by atoms with Gasteiger partial charge < -0.3 is 14.9 Å². The molecule has 1 N–H and O–H groups in total. The van der Waals surface area contributed by atoms with Gasteiger partial charge in [0.05, 0.1) is 13.2 Å². The van der Waals surface area contributed by atoms with E-state index in [9.17, 15) is 4.79 Å². The Morgan fingerprint density at radius 3 is 1.70 bits per heavy atom. The van der Waals surface area contributed by atoms with E-state index < -0.39 is 6.16 Å². The molecule has 0 saturated heterocycles. The Hall–Kier alpha value is 0.866. The molecule has 5 heteroatoms. The van der Waals surface area contributed by atoms with Crippen molar-refractivity contribution in [2.75, 3.05) is 13.2 Å². The molecule has 0 rings (SSSR count). The van der Waals surface area contributed by atoms with Crippen LogP contribution in [0.4, 0.5) is 4.79 Å². The van der Waals surface area contributed by atoms with Gasteiger partial charge in [-0.2, -0.15) is 0 Å². The first-order valence-corrected chi connectivity index (χ1v) is 2.60. The van der Waals surface area contributed by atoms with E-state index in [-0.39, 0.29) is 56.9 Å². The fourth-order valence-electron chi connectivity index (χ4n) is 0.277. The standard InChI is InChI=1S/C5H10O3.K.H2O/c1-3-7-5(6)8-4-2;;/h3-4H2,1-2H3;;1H2/q;+1;/p-1. The Labute approximate surface area is 103 Å². The van der Waals surface area contributed by atoms with E-state index in [4.69, 9.17) is 0 Å². The molecule has 0 heterocycles. The van der Waals surface area contributed by atoms with Crippen LogP contribution in [0.2, 0.25) is 0 Å². The molecule has 0 saturated carbocycles. The van der Waals surface area contributed by atoms with Gasteiger partial charge >= 0.3 is 57.5 Å². The van der Waals surface area contributed by atoms with Crippen LogP contribution < -0.4 is 51.4 Å². The Balaban J connectivity index is -0.000000245. The molecular weight excluding hydrogens is 163 g/mol. The van der Waals surface area contributed by atoms with E-state index in [2.05, 4.69) is 9.47 Å². The van der Waals surface area contributed by atoms with Crippen molar-refractivity contribution in [1.29, 1.82) is 0 Å². The predicted octanol–water partition coefficient (Wildman–Crippen LogP) is -1.99. The van der Waals surface area contributed by atoms with Crippen molar-refractivity contribution in [1.82, 2.24) is 0 Å². The molecule has 0 radical (unpaired) electrons. The van der Waals surface area contributed by atoms with Crippen LogP contribution in [0, 0.1) is 0 Å². The zero-order valence-electron chi connectivity index (χ0n) is 6.59. The molecule has 0 unspecified atom stereocenters. The second-order valence-electron chi connectivity index (χ2n) is 1.12. The summed E-state index contributed by atoms with van der Waals surface area (Å²) in [6.45, 7) is 4.21. The molecule has 4 nitrogen and oxygen atoms in total. The van der Waals surface area contributed by atoms with Crippen molar-refractivity contribution in [2.45, 2.75) is 13.8 Å². The maximum absolute atomic E-state index is 10.2. The third kappa shape index (κ3) is 11.6. The van der Waals surface area contributed by atoms with E-state index in [0.29, 0.717) is 13.2 Å². The monoisotopic (exact) mass is 174 g/mol. The minimum Gasteiger partial charge on any atom is -0.870 e. The van der Waals surface area contributed by atoms with Crippen molar-refractivity contribution in [2.24, 2.45) is 0 Å². The molecular formula is C5H11KO4. The molecule has 0 aromatic rings. The Morgan fingerprint density at radius 2 is 1.50 bits per heavy atom. The van der Waals surface area contributed by atoms with Crippen molar-refractivity contribution >= 4 is 6.16 Å². The van der Waals surface area contributed by atoms with Crippen LogP contribution in [-0.2, 0) is 9.47 Å². The van der Waals surface area contributed by atoms with Crippen LogP contribution in [0.1, 0.15) is 13.8 Å². The van der Waals surface area contributed by atoms with Gasteiger partial charge in [-0.3, -0.25) is 0 Å². The Kier molecular flexibility index (Phi) is 21.4. The predicted molar refractivity (Wildman–Crippen MR) is 30.6 cm³/mol. The van der Waals surface area contributed by atoms with Gasteiger partial charge in [-0.15, -0.1) is 0 Å². The molecule has 0 fully saturated rings. The van der Waals surface area contributed by atoms with E-state index in [1.165, 1.54) is 0 Å². The fourth-order valence-corrected chi connectivity index (χ4v) is 0.277. The maximum atomic E-state index is 10.2. The van der Waals surface area contributed by atoms with Crippen LogP contribution in [-0.4, -0.2) is 24.8 Å². The molecule has 0 aromatic heterocycles. The summed E-state index contributed by atoms with van der Waals surface area (Å²) >= 11 is 0. The average Bonchev–Trinajstić information content (AvgIpc) is 1.68. The van der Waals surface area contributed by atoms with Gasteiger partial charge in [0.15, 0.2) is 0 Å². The van der Waals surface area contributed by atoms with E-state index >= 15 is 0 Å². The first-order valence-electron chi connectivity index (χ1n) is 2.60. The fraction of sp³-hybridized carbons (Fsp3) is 0.800. The van der Waals surface area contributed by atoms with Gasteiger partial charge in [-0.05, 0) is 13.8 Å². The second kappa shape index (κ2) is 12.5. The summed E-state index contributed by atoms with van der Waals surface area (Å²) in [7, 11) is 0. The minimum absolute atomic E-state index is 0. The Morgan fingerprint density at radius 1 is 1.20 bits per heavy atom. The first-order chi connectivity index (χ1) is 3.81. The number of hydrogen-bond donors (Lipinski definition) is 0. The van der Waals surface area contributed by atoms with Gasteiger partial charge in [0.1, 0.15) is 0 Å². The van der Waals surface area contributed by atoms with Crippen LogP contribution in [0.3, 0.4) is 0 Å². The number of carbonyl (C=O) groups excluding carboxylic acids is 1. The third-order valence-electron chi connectivity index (χ3n) is 0.524. The normalized spacial score (nSPS) is 6.60. The van der Waals surface area contributed by atoms with Gasteiger partial charge in [0.25, 0.3) is 0 Å². The number of ether oxygens (including phenoxy) is 2.